The van der Waals surface area contributed by atoms with Crippen molar-refractivity contribution in [1.29, 1.82) is 0 Å². The second kappa shape index (κ2) is 4.45. The normalized spacial score (nSPS) is 18.9. The number of nitrogens with one attached hydrogen (secondary N) is 1. The molecular formula is C15H16N4O. The Bertz CT molecular complexity index is 752. The molecule has 1 fully saturated rings. The number of rotatable bonds is 2. The van der Waals surface area contributed by atoms with Crippen molar-refractivity contribution < 1.29 is 4.42 Å². The molecule has 0 saturated carbocycles. The van der Waals surface area contributed by atoms with Crippen molar-refractivity contribution in [1.82, 2.24) is 19.9 Å². The highest BCUT2D eigenvalue weighted by molar-refractivity contribution is 5.73. The number of furan rings is 1. The van der Waals surface area contributed by atoms with E-state index in [4.69, 9.17) is 9.40 Å². The first-order valence-corrected chi connectivity index (χ1v) is 6.94. The van der Waals surface area contributed by atoms with Gasteiger partial charge in [0.15, 0.2) is 5.65 Å². The summed E-state index contributed by atoms with van der Waals surface area (Å²) in [5.74, 6) is 3.14. The van der Waals surface area contributed by atoms with Crippen molar-refractivity contribution in [3.05, 3.63) is 42.0 Å². The molecule has 1 aliphatic rings. The molecule has 4 heterocycles. The van der Waals surface area contributed by atoms with Crippen LogP contribution in [0.25, 0.3) is 17.0 Å². The van der Waals surface area contributed by atoms with Gasteiger partial charge < -0.3 is 9.73 Å². The predicted molar refractivity (Wildman–Crippen MR) is 76.1 cm³/mol. The highest BCUT2D eigenvalue weighted by Crippen LogP contribution is 2.29. The van der Waals surface area contributed by atoms with Crippen molar-refractivity contribution in [2.75, 3.05) is 13.1 Å². The maximum atomic E-state index is 5.80. The van der Waals surface area contributed by atoms with E-state index in [1.807, 2.05) is 31.2 Å². The topological polar surface area (TPSA) is 55.9 Å². The molecule has 20 heavy (non-hydrogen) atoms. The maximum absolute atomic E-state index is 5.80. The van der Waals surface area contributed by atoms with Gasteiger partial charge in [-0.25, -0.2) is 14.5 Å². The summed E-state index contributed by atoms with van der Waals surface area (Å²) in [5.41, 5.74) is 1.78. The Morgan fingerprint density at radius 2 is 2.30 bits per heavy atom. The van der Waals surface area contributed by atoms with Gasteiger partial charge in [-0.1, -0.05) is 0 Å². The second-order valence-corrected chi connectivity index (χ2v) is 5.23. The third kappa shape index (κ3) is 1.74. The van der Waals surface area contributed by atoms with Crippen LogP contribution in [-0.2, 0) is 0 Å². The van der Waals surface area contributed by atoms with Gasteiger partial charge in [0.1, 0.15) is 17.1 Å². The van der Waals surface area contributed by atoms with E-state index in [0.717, 1.165) is 48.1 Å². The fourth-order valence-electron chi connectivity index (χ4n) is 2.84. The summed E-state index contributed by atoms with van der Waals surface area (Å²) >= 11 is 0. The molecule has 0 amide bonds. The highest BCUT2D eigenvalue weighted by Gasteiger charge is 2.25. The summed E-state index contributed by atoms with van der Waals surface area (Å²) in [7, 11) is 0. The van der Waals surface area contributed by atoms with Gasteiger partial charge >= 0.3 is 0 Å². The molecule has 1 saturated heterocycles. The largest absolute Gasteiger partial charge is 0.445 e. The Morgan fingerprint density at radius 1 is 1.35 bits per heavy atom. The Kier molecular flexibility index (Phi) is 2.60. The molecular weight excluding hydrogens is 252 g/mol. The fourth-order valence-corrected chi connectivity index (χ4v) is 2.84. The second-order valence-electron chi connectivity index (χ2n) is 5.23. The Balaban J connectivity index is 1.97. The van der Waals surface area contributed by atoms with Crippen LogP contribution in [-0.4, -0.2) is 27.6 Å². The molecule has 0 bridgehead atoms. The first kappa shape index (κ1) is 11.7. The summed E-state index contributed by atoms with van der Waals surface area (Å²) in [6.07, 6.45) is 2.90. The number of hydrogen-bond acceptors (Lipinski definition) is 4. The van der Waals surface area contributed by atoms with Crippen LogP contribution in [0.15, 0.2) is 34.9 Å². The van der Waals surface area contributed by atoms with Crippen molar-refractivity contribution in [3.8, 4) is 5.88 Å². The minimum absolute atomic E-state index is 0.412. The van der Waals surface area contributed by atoms with Crippen LogP contribution in [0.2, 0.25) is 0 Å². The van der Waals surface area contributed by atoms with Gasteiger partial charge in [0, 0.05) is 24.7 Å². The standard InChI is InChI=1S/C15H16N4O/c1-10-4-5-13(20-10)19-14(11-6-8-16-9-11)18-12-3-2-7-17-15(12)19/h2-5,7,11,16H,6,8-9H2,1H3. The number of pyridine rings is 1. The first-order valence-electron chi connectivity index (χ1n) is 6.94. The van der Waals surface area contributed by atoms with E-state index in [1.165, 1.54) is 0 Å². The maximum Gasteiger partial charge on any atom is 0.206 e. The zero-order valence-electron chi connectivity index (χ0n) is 11.3. The summed E-state index contributed by atoms with van der Waals surface area (Å²) in [6, 6.07) is 7.88. The van der Waals surface area contributed by atoms with Gasteiger partial charge in [0.05, 0.1) is 0 Å². The van der Waals surface area contributed by atoms with E-state index in [0.29, 0.717) is 5.92 Å². The summed E-state index contributed by atoms with van der Waals surface area (Å²) in [5, 5.41) is 3.39. The molecule has 0 aliphatic carbocycles. The molecule has 0 radical (unpaired) electrons. The lowest BCUT2D eigenvalue weighted by Gasteiger charge is -2.10. The van der Waals surface area contributed by atoms with Crippen molar-refractivity contribution >= 4 is 11.2 Å². The molecule has 1 aliphatic heterocycles. The van der Waals surface area contributed by atoms with E-state index in [1.54, 1.807) is 6.20 Å². The summed E-state index contributed by atoms with van der Waals surface area (Å²) in [6.45, 7) is 3.95. The predicted octanol–water partition coefficient (Wildman–Crippen LogP) is 2.40. The molecule has 1 atom stereocenters. The molecule has 3 aromatic rings. The molecule has 0 spiro atoms. The molecule has 4 rings (SSSR count). The SMILES string of the molecule is Cc1ccc(-n2c(C3CCNC3)nc3cccnc32)o1. The van der Waals surface area contributed by atoms with E-state index in [-0.39, 0.29) is 0 Å². The lowest BCUT2D eigenvalue weighted by atomic mass is 10.1. The van der Waals surface area contributed by atoms with Gasteiger partial charge in [-0.15, -0.1) is 0 Å². The van der Waals surface area contributed by atoms with E-state index >= 15 is 0 Å². The van der Waals surface area contributed by atoms with E-state index in [2.05, 4.69) is 14.9 Å². The zero-order valence-corrected chi connectivity index (χ0v) is 11.3. The molecule has 0 aromatic carbocycles. The lowest BCUT2D eigenvalue weighted by Crippen LogP contribution is -2.12. The van der Waals surface area contributed by atoms with Gasteiger partial charge in [0.25, 0.3) is 0 Å². The first-order chi connectivity index (χ1) is 9.83. The van der Waals surface area contributed by atoms with Crippen LogP contribution in [0.3, 0.4) is 0 Å². The Hall–Kier alpha value is -2.14. The Morgan fingerprint density at radius 3 is 3.05 bits per heavy atom. The minimum atomic E-state index is 0.412. The van der Waals surface area contributed by atoms with Gasteiger partial charge in [-0.05, 0) is 38.1 Å². The van der Waals surface area contributed by atoms with E-state index < -0.39 is 0 Å². The van der Waals surface area contributed by atoms with Gasteiger partial charge in [0.2, 0.25) is 5.88 Å². The van der Waals surface area contributed by atoms with E-state index in [9.17, 15) is 0 Å². The molecule has 5 nitrogen and oxygen atoms in total. The minimum Gasteiger partial charge on any atom is -0.445 e. The van der Waals surface area contributed by atoms with Gasteiger partial charge in [-0.3, -0.25) is 0 Å². The number of fused-ring (bicyclic) bond motifs is 1. The number of imidazole rings is 1. The van der Waals surface area contributed by atoms with Gasteiger partial charge in [-0.2, -0.15) is 0 Å². The van der Waals surface area contributed by atoms with Crippen molar-refractivity contribution in [2.24, 2.45) is 0 Å². The number of hydrogen-bond donors (Lipinski definition) is 1. The van der Waals surface area contributed by atoms with Crippen LogP contribution >= 0.6 is 0 Å². The fraction of sp³-hybridized carbons (Fsp3) is 0.333. The average molecular weight is 268 g/mol. The number of aryl methyl sites for hydroxylation is 1. The van der Waals surface area contributed by atoms with Crippen molar-refractivity contribution in [2.45, 2.75) is 19.3 Å². The zero-order chi connectivity index (χ0) is 13.5. The third-order valence-electron chi connectivity index (χ3n) is 3.81. The Labute approximate surface area is 116 Å². The molecule has 102 valence electrons. The van der Waals surface area contributed by atoms with Crippen LogP contribution in [0.4, 0.5) is 0 Å². The van der Waals surface area contributed by atoms with Crippen molar-refractivity contribution in [3.63, 3.8) is 0 Å². The molecule has 3 aromatic heterocycles. The molecule has 1 unspecified atom stereocenters. The quantitative estimate of drug-likeness (QED) is 0.775. The number of nitrogens with zero attached hydrogens (tertiary/aromatic N) is 3. The highest BCUT2D eigenvalue weighted by atomic mass is 16.4. The summed E-state index contributed by atoms with van der Waals surface area (Å²) in [4.78, 5) is 9.26. The van der Waals surface area contributed by atoms with Crippen LogP contribution in [0, 0.1) is 6.92 Å². The third-order valence-corrected chi connectivity index (χ3v) is 3.81. The van der Waals surface area contributed by atoms with Crippen LogP contribution < -0.4 is 5.32 Å². The smallest absolute Gasteiger partial charge is 0.206 e. The summed E-state index contributed by atoms with van der Waals surface area (Å²) < 4.78 is 7.85. The van der Waals surface area contributed by atoms with Crippen LogP contribution in [0.1, 0.15) is 23.9 Å². The molecule has 1 N–H and O–H groups in total. The molecule has 5 heteroatoms. The number of aromatic nitrogens is 3. The monoisotopic (exact) mass is 268 g/mol. The van der Waals surface area contributed by atoms with Crippen LogP contribution in [0.5, 0.6) is 0 Å². The lowest BCUT2D eigenvalue weighted by molar-refractivity contribution is 0.502. The average Bonchev–Trinajstić information content (AvgIpc) is 3.16.